The summed E-state index contributed by atoms with van der Waals surface area (Å²) >= 11 is 0. The van der Waals surface area contributed by atoms with E-state index in [2.05, 4.69) is 15.3 Å². The lowest BCUT2D eigenvalue weighted by molar-refractivity contribution is 0.601. The Morgan fingerprint density at radius 3 is 2.53 bits per heavy atom. The van der Waals surface area contributed by atoms with Crippen molar-refractivity contribution in [2.75, 3.05) is 42.4 Å². The van der Waals surface area contributed by atoms with Crippen LogP contribution in [0, 0.1) is 0 Å². The molecule has 1 N–H and O–H groups in total. The molecule has 1 rings (SSSR count). The van der Waals surface area contributed by atoms with E-state index in [0.29, 0.717) is 6.54 Å². The Labute approximate surface area is 115 Å². The minimum Gasteiger partial charge on any atom is -0.370 e. The molecule has 0 bridgehead atoms. The highest BCUT2D eigenvalue weighted by molar-refractivity contribution is 7.90. The van der Waals surface area contributed by atoms with Crippen LogP contribution in [0.25, 0.3) is 0 Å². The van der Waals surface area contributed by atoms with E-state index in [9.17, 15) is 8.42 Å². The summed E-state index contributed by atoms with van der Waals surface area (Å²) in [7, 11) is -1.13. The van der Waals surface area contributed by atoms with Gasteiger partial charge in [0.2, 0.25) is 0 Å². The number of rotatable bonds is 7. The molecule has 0 saturated carbocycles. The Morgan fingerprint density at radius 2 is 2.00 bits per heavy atom. The number of nitrogens with one attached hydrogen (secondary N) is 1. The first-order valence-corrected chi connectivity index (χ1v) is 8.42. The van der Waals surface area contributed by atoms with Gasteiger partial charge in [0.05, 0.1) is 5.75 Å². The van der Waals surface area contributed by atoms with Crippen molar-refractivity contribution in [1.82, 2.24) is 9.97 Å². The zero-order valence-electron chi connectivity index (χ0n) is 12.0. The summed E-state index contributed by atoms with van der Waals surface area (Å²) in [5.41, 5.74) is 0. The Balaban J connectivity index is 2.88. The maximum Gasteiger partial charge on any atom is 0.149 e. The summed E-state index contributed by atoms with van der Waals surface area (Å²) in [6.45, 7) is 5.20. The van der Waals surface area contributed by atoms with Gasteiger partial charge in [0.25, 0.3) is 0 Å². The number of aryl methyl sites for hydroxylation is 1. The molecule has 1 aromatic heterocycles. The third kappa shape index (κ3) is 5.42. The molecule has 0 amide bonds. The monoisotopic (exact) mass is 286 g/mol. The number of aromatic nitrogens is 2. The molecule has 0 aliphatic heterocycles. The van der Waals surface area contributed by atoms with Crippen LogP contribution in [0.1, 0.15) is 19.7 Å². The predicted octanol–water partition coefficient (Wildman–Crippen LogP) is 0.952. The average molecular weight is 286 g/mol. The van der Waals surface area contributed by atoms with E-state index in [1.807, 2.05) is 31.9 Å². The number of hydrogen-bond donors (Lipinski definition) is 1. The van der Waals surface area contributed by atoms with Crippen molar-refractivity contribution in [3.05, 3.63) is 11.9 Å². The molecular weight excluding hydrogens is 264 g/mol. The van der Waals surface area contributed by atoms with Crippen LogP contribution in [-0.2, 0) is 16.3 Å². The summed E-state index contributed by atoms with van der Waals surface area (Å²) < 4.78 is 22.4. The molecule has 0 aliphatic carbocycles. The van der Waals surface area contributed by atoms with Gasteiger partial charge in [-0.15, -0.1) is 0 Å². The molecule has 0 aliphatic rings. The van der Waals surface area contributed by atoms with Crippen molar-refractivity contribution in [3.8, 4) is 0 Å². The van der Waals surface area contributed by atoms with E-state index in [1.165, 1.54) is 6.26 Å². The van der Waals surface area contributed by atoms with E-state index >= 15 is 0 Å². The van der Waals surface area contributed by atoms with E-state index in [-0.39, 0.29) is 5.75 Å². The molecule has 7 heteroatoms. The van der Waals surface area contributed by atoms with Gasteiger partial charge in [0.15, 0.2) is 0 Å². The maximum absolute atomic E-state index is 11.2. The van der Waals surface area contributed by atoms with Crippen LogP contribution in [-0.4, -0.2) is 50.5 Å². The van der Waals surface area contributed by atoms with Crippen molar-refractivity contribution in [1.29, 1.82) is 0 Å². The second kappa shape index (κ2) is 6.70. The van der Waals surface area contributed by atoms with Crippen molar-refractivity contribution in [2.45, 2.75) is 20.3 Å². The fraction of sp³-hybridized carbons (Fsp3) is 0.667. The second-order valence-corrected chi connectivity index (χ2v) is 6.72. The third-order valence-electron chi connectivity index (χ3n) is 2.62. The maximum atomic E-state index is 11.2. The molecule has 0 radical (unpaired) electrons. The van der Waals surface area contributed by atoms with Crippen LogP contribution >= 0.6 is 0 Å². The first-order valence-electron chi connectivity index (χ1n) is 6.36. The molecule has 0 aromatic carbocycles. The molecule has 1 aromatic rings. The number of sulfone groups is 1. The van der Waals surface area contributed by atoms with Gasteiger partial charge in [0.1, 0.15) is 27.3 Å². The Morgan fingerprint density at radius 1 is 1.32 bits per heavy atom. The highest BCUT2D eigenvalue weighted by atomic mass is 32.2. The standard InChI is InChI=1S/C12H22N4O2S/c1-5-10-14-11(13-6-2)9-12(15-10)16(3)7-8-19(4,17)18/h9H,5-8H2,1-4H3,(H,13,14,15). The molecule has 0 unspecified atom stereocenters. The van der Waals surface area contributed by atoms with Crippen molar-refractivity contribution < 1.29 is 8.42 Å². The molecule has 0 fully saturated rings. The van der Waals surface area contributed by atoms with Gasteiger partial charge in [0, 0.05) is 38.9 Å². The minimum absolute atomic E-state index is 0.117. The van der Waals surface area contributed by atoms with E-state index in [4.69, 9.17) is 0 Å². The minimum atomic E-state index is -2.96. The third-order valence-corrected chi connectivity index (χ3v) is 3.55. The van der Waals surface area contributed by atoms with Gasteiger partial charge >= 0.3 is 0 Å². The van der Waals surface area contributed by atoms with Gasteiger partial charge in [-0.05, 0) is 6.92 Å². The highest BCUT2D eigenvalue weighted by Crippen LogP contribution is 2.15. The van der Waals surface area contributed by atoms with Crippen LogP contribution in [0.4, 0.5) is 11.6 Å². The van der Waals surface area contributed by atoms with E-state index < -0.39 is 9.84 Å². The average Bonchev–Trinajstić information content (AvgIpc) is 2.35. The predicted molar refractivity (Wildman–Crippen MR) is 78.6 cm³/mol. The SMILES string of the molecule is CCNc1cc(N(C)CCS(C)(=O)=O)nc(CC)n1. The lowest BCUT2D eigenvalue weighted by atomic mass is 10.4. The Bertz CT molecular complexity index is 516. The van der Waals surface area contributed by atoms with Crippen LogP contribution in [0.15, 0.2) is 6.07 Å². The zero-order valence-corrected chi connectivity index (χ0v) is 12.8. The molecule has 0 saturated heterocycles. The molecule has 0 atom stereocenters. The van der Waals surface area contributed by atoms with Gasteiger partial charge in [-0.25, -0.2) is 18.4 Å². The highest BCUT2D eigenvalue weighted by Gasteiger charge is 2.10. The summed E-state index contributed by atoms with van der Waals surface area (Å²) in [5.74, 6) is 2.38. The quantitative estimate of drug-likeness (QED) is 0.804. The number of nitrogens with zero attached hydrogens (tertiary/aromatic N) is 3. The zero-order chi connectivity index (χ0) is 14.5. The van der Waals surface area contributed by atoms with Crippen LogP contribution in [0.3, 0.4) is 0 Å². The largest absolute Gasteiger partial charge is 0.370 e. The van der Waals surface area contributed by atoms with Crippen molar-refractivity contribution in [3.63, 3.8) is 0 Å². The lowest BCUT2D eigenvalue weighted by Gasteiger charge is -2.19. The van der Waals surface area contributed by atoms with Gasteiger partial charge in [-0.2, -0.15) is 0 Å². The van der Waals surface area contributed by atoms with Crippen LogP contribution in [0.2, 0.25) is 0 Å². The summed E-state index contributed by atoms with van der Waals surface area (Å²) in [6.07, 6.45) is 1.98. The van der Waals surface area contributed by atoms with E-state index in [0.717, 1.165) is 30.4 Å². The first kappa shape index (κ1) is 15.7. The second-order valence-electron chi connectivity index (χ2n) is 4.46. The molecule has 19 heavy (non-hydrogen) atoms. The van der Waals surface area contributed by atoms with Gasteiger partial charge < -0.3 is 10.2 Å². The summed E-state index contributed by atoms with van der Waals surface area (Å²) in [6, 6.07) is 1.84. The fourth-order valence-electron chi connectivity index (χ4n) is 1.53. The summed E-state index contributed by atoms with van der Waals surface area (Å²) in [5, 5.41) is 3.15. The van der Waals surface area contributed by atoms with Crippen LogP contribution < -0.4 is 10.2 Å². The molecule has 1 heterocycles. The fourth-order valence-corrected chi connectivity index (χ4v) is 2.13. The lowest BCUT2D eigenvalue weighted by Crippen LogP contribution is -2.26. The first-order chi connectivity index (χ1) is 8.85. The molecule has 0 spiro atoms. The Kier molecular flexibility index (Phi) is 5.53. The Hall–Kier alpha value is -1.37. The molecular formula is C12H22N4O2S. The van der Waals surface area contributed by atoms with Crippen LogP contribution in [0.5, 0.6) is 0 Å². The van der Waals surface area contributed by atoms with E-state index in [1.54, 1.807) is 0 Å². The van der Waals surface area contributed by atoms with Crippen molar-refractivity contribution in [2.24, 2.45) is 0 Å². The summed E-state index contributed by atoms with van der Waals surface area (Å²) in [4.78, 5) is 10.6. The molecule has 108 valence electrons. The topological polar surface area (TPSA) is 75.2 Å². The smallest absolute Gasteiger partial charge is 0.149 e. The number of hydrogen-bond acceptors (Lipinski definition) is 6. The number of anilines is 2. The molecule has 6 nitrogen and oxygen atoms in total. The van der Waals surface area contributed by atoms with Crippen molar-refractivity contribution >= 4 is 21.5 Å². The normalized spacial score (nSPS) is 11.4. The van der Waals surface area contributed by atoms with Gasteiger partial charge in [-0.3, -0.25) is 0 Å². The van der Waals surface area contributed by atoms with Gasteiger partial charge in [-0.1, -0.05) is 6.92 Å².